The Kier molecular flexibility index (Phi) is 8.97. The summed E-state index contributed by atoms with van der Waals surface area (Å²) in [5.41, 5.74) is -1.13. The van der Waals surface area contributed by atoms with Crippen LogP contribution in [0.25, 0.3) is 0 Å². The first-order valence-electron chi connectivity index (χ1n) is 12.2. The van der Waals surface area contributed by atoms with Gasteiger partial charge in [-0.05, 0) is 67.9 Å². The standard InChI is InChI=1S/C26H42O8/c1-16-8-12-25(6)22(14-21(30)23(31)26(25,7)34-19(4)29)24(16,5)11-9-20(15-33-18(3)28)10-13-32-17(2)27/h10,16,21-23,30-31H,8-9,11-15H2,1-7H3. The molecule has 0 aromatic rings. The van der Waals surface area contributed by atoms with E-state index in [1.807, 2.05) is 0 Å². The highest BCUT2D eigenvalue weighted by Gasteiger charge is 2.67. The van der Waals surface area contributed by atoms with E-state index in [0.717, 1.165) is 24.8 Å². The predicted molar refractivity (Wildman–Crippen MR) is 125 cm³/mol. The number of ether oxygens (including phenoxy) is 3. The summed E-state index contributed by atoms with van der Waals surface area (Å²) in [5, 5.41) is 21.8. The van der Waals surface area contributed by atoms with Gasteiger partial charge in [-0.25, -0.2) is 0 Å². The van der Waals surface area contributed by atoms with E-state index in [0.29, 0.717) is 18.8 Å². The lowest BCUT2D eigenvalue weighted by molar-refractivity contribution is -0.272. The summed E-state index contributed by atoms with van der Waals surface area (Å²) in [4.78, 5) is 34.5. The largest absolute Gasteiger partial charge is 0.462 e. The highest BCUT2D eigenvalue weighted by Crippen LogP contribution is 2.65. The summed E-state index contributed by atoms with van der Waals surface area (Å²) in [6.07, 6.45) is 3.02. The highest BCUT2D eigenvalue weighted by molar-refractivity contribution is 5.67. The van der Waals surface area contributed by atoms with E-state index in [9.17, 15) is 24.6 Å². The maximum atomic E-state index is 12.0. The zero-order valence-electron chi connectivity index (χ0n) is 21.7. The maximum absolute atomic E-state index is 12.0. The predicted octanol–water partition coefficient (Wildman–Crippen LogP) is 3.33. The van der Waals surface area contributed by atoms with Gasteiger partial charge in [0.2, 0.25) is 0 Å². The molecule has 2 saturated carbocycles. The van der Waals surface area contributed by atoms with Gasteiger partial charge in [0.15, 0.2) is 0 Å². The van der Waals surface area contributed by atoms with Gasteiger partial charge in [-0.15, -0.1) is 0 Å². The second-order valence-electron chi connectivity index (χ2n) is 10.8. The summed E-state index contributed by atoms with van der Waals surface area (Å²) >= 11 is 0. The molecule has 0 radical (unpaired) electrons. The van der Waals surface area contributed by atoms with Crippen LogP contribution in [-0.2, 0) is 28.6 Å². The molecule has 194 valence electrons. The van der Waals surface area contributed by atoms with E-state index in [1.165, 1.54) is 20.8 Å². The third kappa shape index (κ3) is 5.65. The lowest BCUT2D eigenvalue weighted by Gasteiger charge is -2.65. The topological polar surface area (TPSA) is 119 Å². The quantitative estimate of drug-likeness (QED) is 0.307. The van der Waals surface area contributed by atoms with Gasteiger partial charge in [-0.2, -0.15) is 0 Å². The summed E-state index contributed by atoms with van der Waals surface area (Å²) in [5.74, 6) is -0.947. The number of rotatable bonds is 8. The van der Waals surface area contributed by atoms with Crippen LogP contribution in [0, 0.1) is 22.7 Å². The number of carbonyl (C=O) groups is 3. The lowest BCUT2D eigenvalue weighted by Crippen LogP contribution is -2.70. The molecule has 2 aliphatic carbocycles. The van der Waals surface area contributed by atoms with E-state index in [1.54, 1.807) is 13.0 Å². The van der Waals surface area contributed by atoms with E-state index in [-0.39, 0.29) is 36.5 Å². The molecule has 7 atom stereocenters. The third-order valence-electron chi connectivity index (χ3n) is 8.79. The number of hydrogen-bond donors (Lipinski definition) is 2. The zero-order chi connectivity index (χ0) is 25.9. The second-order valence-corrected chi connectivity index (χ2v) is 10.8. The molecule has 0 aromatic carbocycles. The van der Waals surface area contributed by atoms with E-state index in [2.05, 4.69) is 20.8 Å². The lowest BCUT2D eigenvalue weighted by atomic mass is 9.42. The van der Waals surface area contributed by atoms with E-state index >= 15 is 0 Å². The molecule has 2 aliphatic rings. The van der Waals surface area contributed by atoms with Crippen molar-refractivity contribution in [3.05, 3.63) is 11.6 Å². The van der Waals surface area contributed by atoms with Crippen molar-refractivity contribution >= 4 is 17.9 Å². The van der Waals surface area contributed by atoms with Crippen LogP contribution in [0.1, 0.15) is 80.6 Å². The molecule has 0 saturated heterocycles. The Morgan fingerprint density at radius 2 is 1.62 bits per heavy atom. The van der Waals surface area contributed by atoms with Gasteiger partial charge >= 0.3 is 17.9 Å². The third-order valence-corrected chi connectivity index (χ3v) is 8.79. The van der Waals surface area contributed by atoms with Crippen molar-refractivity contribution in [3.63, 3.8) is 0 Å². The number of aliphatic hydroxyl groups is 2. The van der Waals surface area contributed by atoms with Crippen molar-refractivity contribution < 1.29 is 38.8 Å². The molecule has 0 bridgehead atoms. The average Bonchev–Trinajstić information content (AvgIpc) is 2.73. The van der Waals surface area contributed by atoms with E-state index in [4.69, 9.17) is 14.2 Å². The number of carbonyl (C=O) groups excluding carboxylic acids is 3. The van der Waals surface area contributed by atoms with Crippen molar-refractivity contribution in [1.29, 1.82) is 0 Å². The Labute approximate surface area is 203 Å². The minimum atomic E-state index is -1.21. The zero-order valence-corrected chi connectivity index (χ0v) is 21.7. The van der Waals surface area contributed by atoms with Crippen LogP contribution in [-0.4, -0.2) is 59.1 Å². The number of hydrogen-bond acceptors (Lipinski definition) is 8. The van der Waals surface area contributed by atoms with Crippen LogP contribution in [0.5, 0.6) is 0 Å². The second kappa shape index (κ2) is 10.8. The van der Waals surface area contributed by atoms with Gasteiger partial charge in [0.1, 0.15) is 24.9 Å². The molecule has 7 unspecified atom stereocenters. The number of fused-ring (bicyclic) bond motifs is 1. The fourth-order valence-corrected chi connectivity index (χ4v) is 6.32. The molecular weight excluding hydrogens is 440 g/mol. The summed E-state index contributed by atoms with van der Waals surface area (Å²) in [6.45, 7) is 12.5. The van der Waals surface area contributed by atoms with E-state index < -0.39 is 29.2 Å². The van der Waals surface area contributed by atoms with Gasteiger partial charge in [0, 0.05) is 26.2 Å². The van der Waals surface area contributed by atoms with Crippen LogP contribution < -0.4 is 0 Å². The smallest absolute Gasteiger partial charge is 0.303 e. The van der Waals surface area contributed by atoms with Crippen molar-refractivity contribution in [2.24, 2.45) is 22.7 Å². The monoisotopic (exact) mass is 482 g/mol. The SMILES string of the molecule is CC(=O)OCC=C(CCC1(C)C(C)CCC2(C)C1CC(O)C(O)C2(C)OC(C)=O)COC(C)=O. The van der Waals surface area contributed by atoms with Crippen LogP contribution in [0.2, 0.25) is 0 Å². The van der Waals surface area contributed by atoms with Crippen LogP contribution in [0.4, 0.5) is 0 Å². The molecule has 2 rings (SSSR count). The Bertz CT molecular complexity index is 807. The highest BCUT2D eigenvalue weighted by atomic mass is 16.6. The van der Waals surface area contributed by atoms with Crippen molar-refractivity contribution in [2.75, 3.05) is 13.2 Å². The number of esters is 3. The van der Waals surface area contributed by atoms with Gasteiger partial charge in [-0.1, -0.05) is 20.8 Å². The first-order chi connectivity index (χ1) is 15.7. The fourth-order valence-electron chi connectivity index (χ4n) is 6.32. The Morgan fingerprint density at radius 1 is 1.00 bits per heavy atom. The average molecular weight is 483 g/mol. The van der Waals surface area contributed by atoms with Crippen LogP contribution in [0.15, 0.2) is 11.6 Å². The van der Waals surface area contributed by atoms with Crippen molar-refractivity contribution in [1.82, 2.24) is 0 Å². The Hall–Kier alpha value is -1.93. The normalized spacial score (nSPS) is 38.0. The molecule has 0 aliphatic heterocycles. The van der Waals surface area contributed by atoms with Crippen LogP contribution >= 0.6 is 0 Å². The molecule has 8 nitrogen and oxygen atoms in total. The fraction of sp³-hybridized carbons (Fsp3) is 0.808. The minimum Gasteiger partial charge on any atom is -0.462 e. The molecular formula is C26H42O8. The molecule has 34 heavy (non-hydrogen) atoms. The molecule has 2 fully saturated rings. The van der Waals surface area contributed by atoms with Gasteiger partial charge in [0.25, 0.3) is 0 Å². The van der Waals surface area contributed by atoms with Crippen molar-refractivity contribution in [3.8, 4) is 0 Å². The number of aliphatic hydroxyl groups excluding tert-OH is 2. The molecule has 0 amide bonds. The summed E-state index contributed by atoms with van der Waals surface area (Å²) in [7, 11) is 0. The first kappa shape index (κ1) is 28.3. The maximum Gasteiger partial charge on any atom is 0.303 e. The molecule has 0 spiro atoms. The first-order valence-corrected chi connectivity index (χ1v) is 12.2. The molecule has 0 heterocycles. The van der Waals surface area contributed by atoms with Gasteiger partial charge in [-0.3, -0.25) is 14.4 Å². The molecule has 0 aromatic heterocycles. The molecule has 8 heteroatoms. The Balaban J connectivity index is 2.35. The summed E-state index contributed by atoms with van der Waals surface area (Å²) in [6, 6.07) is 0. The Morgan fingerprint density at radius 3 is 2.18 bits per heavy atom. The minimum absolute atomic E-state index is 0.0186. The van der Waals surface area contributed by atoms with Gasteiger partial charge in [0.05, 0.1) is 6.10 Å². The van der Waals surface area contributed by atoms with Crippen LogP contribution in [0.3, 0.4) is 0 Å². The van der Waals surface area contributed by atoms with Gasteiger partial charge < -0.3 is 24.4 Å². The summed E-state index contributed by atoms with van der Waals surface area (Å²) < 4.78 is 16.0. The van der Waals surface area contributed by atoms with Crippen molar-refractivity contribution in [2.45, 2.75) is 98.4 Å². The molecule has 2 N–H and O–H groups in total.